The highest BCUT2D eigenvalue weighted by Crippen LogP contribution is 2.32. The van der Waals surface area contributed by atoms with E-state index in [4.69, 9.17) is 14.5 Å². The number of hydrogen-bond donors (Lipinski definition) is 1. The van der Waals surface area contributed by atoms with Gasteiger partial charge in [-0.25, -0.2) is 4.98 Å². The van der Waals surface area contributed by atoms with Crippen LogP contribution in [0.25, 0.3) is 0 Å². The number of hydrogen-bond acceptors (Lipinski definition) is 6. The topological polar surface area (TPSA) is 70.7 Å². The van der Waals surface area contributed by atoms with Crippen LogP contribution in [0.2, 0.25) is 0 Å². The van der Waals surface area contributed by atoms with Gasteiger partial charge in [0, 0.05) is 44.0 Å². The number of unbranched alkanes of at least 4 members (excludes halogenated alkanes) is 3. The minimum Gasteiger partial charge on any atom is -0.454 e. The smallest absolute Gasteiger partial charge is 0.255 e. The first-order valence-electron chi connectivity index (χ1n) is 11.1. The maximum atomic E-state index is 12.6. The molecule has 0 unspecified atom stereocenters. The standard InChI is InChI=1S/C23H32N4O3/c1-3-4-5-6-7-19-17(2)24-23(25-22(19)28)27-12-10-26(11-13-27)15-18-8-9-20-21(14-18)30-16-29-20/h8-9,14H,3-7,10-13,15-16H2,1-2H3,(H,24,25,28). The Labute approximate surface area is 178 Å². The highest BCUT2D eigenvalue weighted by atomic mass is 16.7. The van der Waals surface area contributed by atoms with Gasteiger partial charge in [-0.15, -0.1) is 0 Å². The number of benzene rings is 1. The van der Waals surface area contributed by atoms with E-state index in [1.165, 1.54) is 24.8 Å². The van der Waals surface area contributed by atoms with Crippen LogP contribution >= 0.6 is 0 Å². The third-order valence-corrected chi connectivity index (χ3v) is 6.01. The largest absolute Gasteiger partial charge is 0.454 e. The maximum absolute atomic E-state index is 12.6. The molecular formula is C23H32N4O3. The Balaban J connectivity index is 1.33. The summed E-state index contributed by atoms with van der Waals surface area (Å²) in [7, 11) is 0. The molecule has 1 saturated heterocycles. The fraction of sp³-hybridized carbons (Fsp3) is 0.565. The minimum atomic E-state index is 0.0248. The van der Waals surface area contributed by atoms with E-state index >= 15 is 0 Å². The van der Waals surface area contributed by atoms with Gasteiger partial charge in [0.1, 0.15) is 0 Å². The van der Waals surface area contributed by atoms with Crippen molar-refractivity contribution in [1.82, 2.24) is 14.9 Å². The first kappa shape index (κ1) is 20.7. The van der Waals surface area contributed by atoms with Crippen LogP contribution in [0, 0.1) is 6.92 Å². The van der Waals surface area contributed by atoms with Crippen LogP contribution < -0.4 is 19.9 Å². The lowest BCUT2D eigenvalue weighted by molar-refractivity contribution is 0.174. The molecule has 2 aliphatic rings. The van der Waals surface area contributed by atoms with E-state index < -0.39 is 0 Å². The average Bonchev–Trinajstić information content (AvgIpc) is 3.21. The maximum Gasteiger partial charge on any atom is 0.255 e. The number of H-pyrrole nitrogens is 1. The van der Waals surface area contributed by atoms with Gasteiger partial charge >= 0.3 is 0 Å². The minimum absolute atomic E-state index is 0.0248. The van der Waals surface area contributed by atoms with Crippen molar-refractivity contribution < 1.29 is 9.47 Å². The fourth-order valence-electron chi connectivity index (χ4n) is 4.18. The van der Waals surface area contributed by atoms with Crippen molar-refractivity contribution in [2.45, 2.75) is 52.5 Å². The summed E-state index contributed by atoms with van der Waals surface area (Å²) in [5.41, 5.74) is 2.96. The van der Waals surface area contributed by atoms with E-state index in [0.717, 1.165) is 68.3 Å². The van der Waals surface area contributed by atoms with Crippen LogP contribution in [0.15, 0.2) is 23.0 Å². The molecule has 0 atom stereocenters. The molecule has 2 aromatic rings. The second-order valence-corrected chi connectivity index (χ2v) is 8.21. The van der Waals surface area contributed by atoms with Gasteiger partial charge in [0.15, 0.2) is 11.5 Å². The summed E-state index contributed by atoms with van der Waals surface area (Å²) in [6.07, 6.45) is 5.46. The zero-order valence-corrected chi connectivity index (χ0v) is 18.1. The summed E-state index contributed by atoms with van der Waals surface area (Å²) in [5.74, 6) is 2.36. The van der Waals surface area contributed by atoms with Crippen LogP contribution in [-0.2, 0) is 13.0 Å². The summed E-state index contributed by atoms with van der Waals surface area (Å²) in [4.78, 5) is 25.0. The van der Waals surface area contributed by atoms with Crippen molar-refractivity contribution in [1.29, 1.82) is 0 Å². The van der Waals surface area contributed by atoms with Gasteiger partial charge in [0.2, 0.25) is 12.7 Å². The molecule has 0 amide bonds. The SMILES string of the molecule is CCCCCCc1c(C)nc(N2CCN(Cc3ccc4c(c3)OCO4)CC2)[nH]c1=O. The third-order valence-electron chi connectivity index (χ3n) is 6.01. The first-order chi connectivity index (χ1) is 14.6. The number of ether oxygens (including phenoxy) is 2. The van der Waals surface area contributed by atoms with Gasteiger partial charge in [-0.05, 0) is 37.5 Å². The molecule has 162 valence electrons. The van der Waals surface area contributed by atoms with Crippen molar-refractivity contribution in [3.05, 3.63) is 45.4 Å². The molecular weight excluding hydrogens is 380 g/mol. The van der Waals surface area contributed by atoms with Gasteiger partial charge in [-0.2, -0.15) is 0 Å². The second-order valence-electron chi connectivity index (χ2n) is 8.21. The van der Waals surface area contributed by atoms with Crippen molar-refractivity contribution in [2.75, 3.05) is 37.9 Å². The van der Waals surface area contributed by atoms with E-state index in [2.05, 4.69) is 33.8 Å². The lowest BCUT2D eigenvalue weighted by Gasteiger charge is -2.35. The van der Waals surface area contributed by atoms with Crippen LogP contribution in [-0.4, -0.2) is 47.8 Å². The monoisotopic (exact) mass is 412 g/mol. The second kappa shape index (κ2) is 9.51. The highest BCUT2D eigenvalue weighted by Gasteiger charge is 2.21. The third kappa shape index (κ3) is 4.78. The molecule has 0 radical (unpaired) electrons. The number of aromatic nitrogens is 2. The van der Waals surface area contributed by atoms with Gasteiger partial charge in [0.25, 0.3) is 5.56 Å². The van der Waals surface area contributed by atoms with E-state index in [1.54, 1.807) is 0 Å². The Kier molecular flexibility index (Phi) is 6.57. The number of aromatic amines is 1. The molecule has 0 saturated carbocycles. The number of nitrogens with zero attached hydrogens (tertiary/aromatic N) is 3. The molecule has 0 aliphatic carbocycles. The molecule has 7 nitrogen and oxygen atoms in total. The molecule has 3 heterocycles. The van der Waals surface area contributed by atoms with Gasteiger partial charge < -0.3 is 14.4 Å². The average molecular weight is 413 g/mol. The zero-order chi connectivity index (χ0) is 20.9. The molecule has 1 fully saturated rings. The number of fused-ring (bicyclic) bond motifs is 1. The summed E-state index contributed by atoms with van der Waals surface area (Å²) >= 11 is 0. The number of anilines is 1. The van der Waals surface area contributed by atoms with Gasteiger partial charge in [-0.3, -0.25) is 14.7 Å². The Morgan fingerprint density at radius 1 is 1.07 bits per heavy atom. The van der Waals surface area contributed by atoms with Gasteiger partial charge in [0.05, 0.1) is 0 Å². The molecule has 30 heavy (non-hydrogen) atoms. The van der Waals surface area contributed by atoms with Crippen LogP contribution in [0.5, 0.6) is 11.5 Å². The highest BCUT2D eigenvalue weighted by molar-refractivity contribution is 5.44. The molecule has 4 rings (SSSR count). The molecule has 1 N–H and O–H groups in total. The van der Waals surface area contributed by atoms with Crippen molar-refractivity contribution in [2.24, 2.45) is 0 Å². The number of piperazine rings is 1. The van der Waals surface area contributed by atoms with Gasteiger partial charge in [-0.1, -0.05) is 32.3 Å². The predicted octanol–water partition coefficient (Wildman–Crippen LogP) is 3.25. The van der Waals surface area contributed by atoms with E-state index in [0.29, 0.717) is 12.7 Å². The molecule has 7 heteroatoms. The Hall–Kier alpha value is -2.54. The molecule has 2 aliphatic heterocycles. The fourth-order valence-corrected chi connectivity index (χ4v) is 4.18. The molecule has 0 spiro atoms. The quantitative estimate of drug-likeness (QED) is 0.671. The van der Waals surface area contributed by atoms with Crippen molar-refractivity contribution in [3.8, 4) is 11.5 Å². The number of aryl methyl sites for hydroxylation is 1. The van der Waals surface area contributed by atoms with E-state index in [1.807, 2.05) is 13.0 Å². The lowest BCUT2D eigenvalue weighted by atomic mass is 10.1. The first-order valence-corrected chi connectivity index (χ1v) is 11.1. The van der Waals surface area contributed by atoms with Crippen molar-refractivity contribution >= 4 is 5.95 Å². The Morgan fingerprint density at radius 3 is 2.63 bits per heavy atom. The van der Waals surface area contributed by atoms with Crippen molar-refractivity contribution in [3.63, 3.8) is 0 Å². The molecule has 1 aromatic carbocycles. The number of rotatable bonds is 8. The van der Waals surface area contributed by atoms with Crippen LogP contribution in [0.1, 0.15) is 49.4 Å². The molecule has 0 bridgehead atoms. The number of nitrogens with one attached hydrogen (secondary N) is 1. The van der Waals surface area contributed by atoms with E-state index in [-0.39, 0.29) is 5.56 Å². The summed E-state index contributed by atoms with van der Waals surface area (Å²) < 4.78 is 10.9. The Morgan fingerprint density at radius 2 is 1.87 bits per heavy atom. The van der Waals surface area contributed by atoms with Crippen LogP contribution in [0.4, 0.5) is 5.95 Å². The Bertz CT molecular complexity index is 919. The van der Waals surface area contributed by atoms with Crippen LogP contribution in [0.3, 0.4) is 0 Å². The summed E-state index contributed by atoms with van der Waals surface area (Å²) in [6, 6.07) is 6.15. The lowest BCUT2D eigenvalue weighted by Crippen LogP contribution is -2.47. The van der Waals surface area contributed by atoms with E-state index in [9.17, 15) is 4.79 Å². The summed E-state index contributed by atoms with van der Waals surface area (Å²) in [6.45, 7) is 8.90. The normalized spacial score (nSPS) is 16.3. The summed E-state index contributed by atoms with van der Waals surface area (Å²) in [5, 5.41) is 0. The zero-order valence-electron chi connectivity index (χ0n) is 18.1. The molecule has 1 aromatic heterocycles. The predicted molar refractivity (Wildman–Crippen MR) is 117 cm³/mol.